The van der Waals surface area contributed by atoms with Gasteiger partial charge in [0.05, 0.1) is 6.42 Å². The van der Waals surface area contributed by atoms with Crippen molar-refractivity contribution in [2.75, 3.05) is 0 Å². The van der Waals surface area contributed by atoms with Gasteiger partial charge in [-0.3, -0.25) is 4.79 Å². The summed E-state index contributed by atoms with van der Waals surface area (Å²) >= 11 is 0. The van der Waals surface area contributed by atoms with Crippen LogP contribution in [0.15, 0.2) is 12.1 Å². The number of rotatable bonds is 2. The lowest BCUT2D eigenvalue weighted by atomic mass is 9.61. The summed E-state index contributed by atoms with van der Waals surface area (Å²) in [6.45, 7) is 9.38. The monoisotopic (exact) mass is 300 g/mol. The van der Waals surface area contributed by atoms with Crippen LogP contribution >= 0.6 is 0 Å². The van der Waals surface area contributed by atoms with Crippen molar-refractivity contribution in [2.45, 2.75) is 83.0 Å². The molecule has 1 N–H and O–H groups in total. The number of hydrogen-bond donors (Lipinski definition) is 1. The zero-order valence-corrected chi connectivity index (χ0v) is 14.3. The topological polar surface area (TPSA) is 37.3 Å². The molecule has 1 atom stereocenters. The highest BCUT2D eigenvalue weighted by Crippen LogP contribution is 2.48. The van der Waals surface area contributed by atoms with Crippen LogP contribution in [0.25, 0.3) is 0 Å². The first-order valence-electron chi connectivity index (χ1n) is 8.60. The Kier molecular flexibility index (Phi) is 3.62. The number of hydrogen-bond acceptors (Lipinski definition) is 1. The molecule has 0 fully saturated rings. The van der Waals surface area contributed by atoms with Gasteiger partial charge in [0.2, 0.25) is 0 Å². The van der Waals surface area contributed by atoms with Gasteiger partial charge in [0.25, 0.3) is 0 Å². The first-order valence-corrected chi connectivity index (χ1v) is 8.60. The lowest BCUT2D eigenvalue weighted by Crippen LogP contribution is -2.34. The summed E-state index contributed by atoms with van der Waals surface area (Å²) in [6, 6.07) is 4.79. The Hall–Kier alpha value is -1.31. The molecule has 0 aliphatic heterocycles. The van der Waals surface area contributed by atoms with Crippen LogP contribution in [0.3, 0.4) is 0 Å². The van der Waals surface area contributed by atoms with E-state index in [2.05, 4.69) is 39.8 Å². The van der Waals surface area contributed by atoms with Gasteiger partial charge in [-0.1, -0.05) is 39.8 Å². The standard InChI is InChI=1S/C20H28O2/c1-19(2)8-9-20(3,4)17-12-15-13(10-16(17)19)6-5-7-14(15)11-18(21)22/h10,12,14H,5-9,11H2,1-4H3,(H,21,22). The molecule has 120 valence electrons. The third-order valence-electron chi connectivity index (χ3n) is 5.97. The number of benzene rings is 1. The molecule has 0 saturated heterocycles. The molecule has 1 aromatic carbocycles. The SMILES string of the molecule is CC1(C)CCC(C)(C)c2cc3c(cc21)CCCC3CC(=O)O. The largest absolute Gasteiger partial charge is 0.481 e. The van der Waals surface area contributed by atoms with Crippen molar-refractivity contribution in [1.29, 1.82) is 0 Å². The van der Waals surface area contributed by atoms with Crippen LogP contribution in [0.2, 0.25) is 0 Å². The molecular formula is C20H28O2. The molecule has 0 aromatic heterocycles. The second-order valence-corrected chi connectivity index (χ2v) is 8.55. The second-order valence-electron chi connectivity index (χ2n) is 8.55. The number of fused-ring (bicyclic) bond motifs is 2. The Balaban J connectivity index is 2.14. The van der Waals surface area contributed by atoms with E-state index in [1.807, 2.05) is 0 Å². The molecule has 3 rings (SSSR count). The minimum atomic E-state index is -0.671. The first-order chi connectivity index (χ1) is 10.2. The van der Waals surface area contributed by atoms with Crippen molar-refractivity contribution in [3.8, 4) is 0 Å². The van der Waals surface area contributed by atoms with E-state index in [9.17, 15) is 9.90 Å². The number of carbonyl (C=O) groups is 1. The van der Waals surface area contributed by atoms with Crippen LogP contribution in [0.4, 0.5) is 0 Å². The summed E-state index contributed by atoms with van der Waals surface area (Å²) in [5.74, 6) is -0.470. The van der Waals surface area contributed by atoms with Crippen molar-refractivity contribution < 1.29 is 9.90 Å². The van der Waals surface area contributed by atoms with Gasteiger partial charge in [-0.15, -0.1) is 0 Å². The quantitative estimate of drug-likeness (QED) is 0.840. The Morgan fingerprint density at radius 2 is 1.73 bits per heavy atom. The lowest BCUT2D eigenvalue weighted by molar-refractivity contribution is -0.137. The maximum atomic E-state index is 11.2. The molecule has 2 aliphatic rings. The average molecular weight is 300 g/mol. The fourth-order valence-corrected chi connectivity index (χ4v) is 4.39. The minimum absolute atomic E-state index is 0.200. The molecule has 0 amide bonds. The van der Waals surface area contributed by atoms with E-state index in [-0.39, 0.29) is 23.2 Å². The van der Waals surface area contributed by atoms with Gasteiger partial charge in [-0.25, -0.2) is 0 Å². The third-order valence-corrected chi connectivity index (χ3v) is 5.97. The highest BCUT2D eigenvalue weighted by Gasteiger charge is 2.38. The lowest BCUT2D eigenvalue weighted by Gasteiger charge is -2.43. The van der Waals surface area contributed by atoms with Crippen molar-refractivity contribution >= 4 is 5.97 Å². The van der Waals surface area contributed by atoms with Crippen molar-refractivity contribution in [2.24, 2.45) is 0 Å². The molecule has 0 bridgehead atoms. The highest BCUT2D eigenvalue weighted by molar-refractivity contribution is 5.68. The van der Waals surface area contributed by atoms with Gasteiger partial charge in [0.1, 0.15) is 0 Å². The molecule has 1 aromatic rings. The van der Waals surface area contributed by atoms with Crippen LogP contribution in [0.1, 0.15) is 88.0 Å². The van der Waals surface area contributed by atoms with E-state index in [0.29, 0.717) is 0 Å². The summed E-state index contributed by atoms with van der Waals surface area (Å²) < 4.78 is 0. The fraction of sp³-hybridized carbons (Fsp3) is 0.650. The molecule has 0 saturated carbocycles. The van der Waals surface area contributed by atoms with E-state index < -0.39 is 5.97 Å². The van der Waals surface area contributed by atoms with Crippen LogP contribution in [-0.2, 0) is 22.0 Å². The molecule has 2 heteroatoms. The third kappa shape index (κ3) is 2.57. The van der Waals surface area contributed by atoms with E-state index >= 15 is 0 Å². The molecule has 0 spiro atoms. The van der Waals surface area contributed by atoms with Crippen LogP contribution in [-0.4, -0.2) is 11.1 Å². The van der Waals surface area contributed by atoms with Crippen molar-refractivity contribution in [1.82, 2.24) is 0 Å². The van der Waals surface area contributed by atoms with Gasteiger partial charge in [-0.05, 0) is 71.1 Å². The molecule has 0 radical (unpaired) electrons. The predicted molar refractivity (Wildman–Crippen MR) is 89.7 cm³/mol. The Morgan fingerprint density at radius 3 is 2.32 bits per heavy atom. The molecule has 2 nitrogen and oxygen atoms in total. The van der Waals surface area contributed by atoms with Crippen molar-refractivity contribution in [3.05, 3.63) is 34.4 Å². The second kappa shape index (κ2) is 5.11. The summed E-state index contributed by atoms with van der Waals surface area (Å²) in [5.41, 5.74) is 6.11. The summed E-state index contributed by atoms with van der Waals surface area (Å²) in [6.07, 6.45) is 5.94. The van der Waals surface area contributed by atoms with Gasteiger partial charge >= 0.3 is 5.97 Å². The molecular weight excluding hydrogens is 272 g/mol. The average Bonchev–Trinajstić information content (AvgIpc) is 2.43. The predicted octanol–water partition coefficient (Wildman–Crippen LogP) is 4.93. The van der Waals surface area contributed by atoms with Crippen molar-refractivity contribution in [3.63, 3.8) is 0 Å². The fourth-order valence-electron chi connectivity index (χ4n) is 4.39. The van der Waals surface area contributed by atoms with Crippen LogP contribution in [0, 0.1) is 0 Å². The first kappa shape index (κ1) is 15.6. The van der Waals surface area contributed by atoms with E-state index in [1.54, 1.807) is 0 Å². The molecule has 1 unspecified atom stereocenters. The van der Waals surface area contributed by atoms with Gasteiger partial charge < -0.3 is 5.11 Å². The van der Waals surface area contributed by atoms with Gasteiger partial charge in [-0.2, -0.15) is 0 Å². The smallest absolute Gasteiger partial charge is 0.303 e. The zero-order valence-electron chi connectivity index (χ0n) is 14.3. The Morgan fingerprint density at radius 1 is 1.14 bits per heavy atom. The van der Waals surface area contributed by atoms with Gasteiger partial charge in [0.15, 0.2) is 0 Å². The molecule has 22 heavy (non-hydrogen) atoms. The zero-order chi connectivity index (χ0) is 16.1. The number of carboxylic acids is 1. The van der Waals surface area contributed by atoms with E-state index in [4.69, 9.17) is 0 Å². The van der Waals surface area contributed by atoms with E-state index in [0.717, 1.165) is 19.3 Å². The Labute approximate surface area is 133 Å². The maximum absolute atomic E-state index is 11.2. The maximum Gasteiger partial charge on any atom is 0.303 e. The highest BCUT2D eigenvalue weighted by atomic mass is 16.4. The molecule has 0 heterocycles. The minimum Gasteiger partial charge on any atom is -0.481 e. The number of carboxylic acid groups (broad SMARTS) is 1. The van der Waals surface area contributed by atoms with E-state index in [1.165, 1.54) is 35.1 Å². The number of aliphatic carboxylic acids is 1. The molecule has 2 aliphatic carbocycles. The van der Waals surface area contributed by atoms with Gasteiger partial charge in [0, 0.05) is 0 Å². The normalized spacial score (nSPS) is 25.2. The Bertz CT molecular complexity index is 610. The summed E-state index contributed by atoms with van der Waals surface area (Å²) in [4.78, 5) is 11.2. The summed E-state index contributed by atoms with van der Waals surface area (Å²) in [5, 5.41) is 9.22. The van der Waals surface area contributed by atoms with Crippen LogP contribution < -0.4 is 0 Å². The number of aryl methyl sites for hydroxylation is 1. The summed E-state index contributed by atoms with van der Waals surface area (Å²) in [7, 11) is 0. The van der Waals surface area contributed by atoms with Crippen LogP contribution in [0.5, 0.6) is 0 Å².